The average molecular weight is 483 g/mol. The molecule has 178 valence electrons. The molecule has 1 aromatic carbocycles. The van der Waals surface area contributed by atoms with Gasteiger partial charge in [-0.3, -0.25) is 24.2 Å². The lowest BCUT2D eigenvalue weighted by Crippen LogP contribution is -2.44. The number of carbonyl (C=O) groups is 4. The van der Waals surface area contributed by atoms with Crippen molar-refractivity contribution in [2.75, 3.05) is 14.1 Å². The van der Waals surface area contributed by atoms with E-state index in [0.29, 0.717) is 46.8 Å². The Morgan fingerprint density at radius 2 is 2.03 bits per heavy atom. The molecular weight excluding hydrogens is 456 g/mol. The normalized spacial score (nSPS) is 18.9. The van der Waals surface area contributed by atoms with Crippen LogP contribution in [-0.4, -0.2) is 58.3 Å². The number of nitrogens with zero attached hydrogens (tertiary/aromatic N) is 3. The summed E-state index contributed by atoms with van der Waals surface area (Å²) in [6.07, 6.45) is 2.28. The van der Waals surface area contributed by atoms with Gasteiger partial charge in [0.1, 0.15) is 5.78 Å². The summed E-state index contributed by atoms with van der Waals surface area (Å²) in [4.78, 5) is 57.6. The van der Waals surface area contributed by atoms with Crippen LogP contribution in [-0.2, 0) is 22.7 Å². The van der Waals surface area contributed by atoms with E-state index in [4.69, 9.17) is 11.6 Å². The second kappa shape index (κ2) is 9.64. The highest BCUT2D eigenvalue weighted by Crippen LogP contribution is 2.30. The minimum Gasteiger partial charge on any atom is -0.344 e. The number of hydrogen-bond donors (Lipinski definition) is 1. The molecule has 2 amide bonds. The topological polar surface area (TPSA) is 99.7 Å². The van der Waals surface area contributed by atoms with Crippen molar-refractivity contribution in [1.82, 2.24) is 20.1 Å². The van der Waals surface area contributed by atoms with Crippen LogP contribution in [0.3, 0.4) is 0 Å². The van der Waals surface area contributed by atoms with Gasteiger partial charge in [0.15, 0.2) is 5.78 Å². The number of ketones is 2. The standard InChI is InChI=1S/C25H27ClN4O4/c1-14(23-20(26)8-15(11-27-23)12-29(2)3)28-24(33)16-4-6-19-17(9-16)13-30(25(19)34)21-7-5-18(31)10-22(21)32/h4,6,8-9,11,14,21H,5,7,10,12-13H2,1-3H3,(H,28,33)/t14-,21?/m0/s1. The van der Waals surface area contributed by atoms with Crippen LogP contribution < -0.4 is 5.32 Å². The SMILES string of the molecule is C[C@H](NC(=O)c1ccc2c(c1)CN(C1CCC(=O)CC1=O)C2=O)c1ncc(CN(C)C)cc1Cl. The molecule has 0 bridgehead atoms. The molecule has 1 aromatic heterocycles. The molecule has 2 aromatic rings. The Hall–Kier alpha value is -3.10. The van der Waals surface area contributed by atoms with Gasteiger partial charge >= 0.3 is 0 Å². The third-order valence-electron chi connectivity index (χ3n) is 6.20. The lowest BCUT2D eigenvalue weighted by molar-refractivity contribution is -0.133. The quantitative estimate of drug-likeness (QED) is 0.635. The molecule has 1 aliphatic heterocycles. The Morgan fingerprint density at radius 1 is 1.26 bits per heavy atom. The van der Waals surface area contributed by atoms with E-state index in [1.165, 1.54) is 4.90 Å². The van der Waals surface area contributed by atoms with Crippen LogP contribution in [0.4, 0.5) is 0 Å². The average Bonchev–Trinajstić information content (AvgIpc) is 3.09. The lowest BCUT2D eigenvalue weighted by atomic mass is 9.92. The van der Waals surface area contributed by atoms with Crippen LogP contribution in [0.1, 0.15) is 69.8 Å². The zero-order valence-electron chi connectivity index (χ0n) is 19.4. The molecule has 34 heavy (non-hydrogen) atoms. The highest BCUT2D eigenvalue weighted by atomic mass is 35.5. The fourth-order valence-corrected chi connectivity index (χ4v) is 4.88. The van der Waals surface area contributed by atoms with Crippen LogP contribution in [0.5, 0.6) is 0 Å². The van der Waals surface area contributed by atoms with Crippen LogP contribution in [0.2, 0.25) is 5.02 Å². The Labute approximate surface area is 203 Å². The van der Waals surface area contributed by atoms with Crippen molar-refractivity contribution >= 4 is 35.0 Å². The summed E-state index contributed by atoms with van der Waals surface area (Å²) in [5, 5.41) is 3.40. The van der Waals surface area contributed by atoms with E-state index in [2.05, 4.69) is 10.3 Å². The molecule has 0 radical (unpaired) electrons. The molecule has 1 unspecified atom stereocenters. The maximum Gasteiger partial charge on any atom is 0.255 e. The van der Waals surface area contributed by atoms with Gasteiger partial charge in [0.25, 0.3) is 11.8 Å². The van der Waals surface area contributed by atoms with E-state index in [0.717, 1.165) is 5.56 Å². The number of nitrogens with one attached hydrogen (secondary N) is 1. The summed E-state index contributed by atoms with van der Waals surface area (Å²) in [5.41, 5.74) is 3.14. The van der Waals surface area contributed by atoms with Gasteiger partial charge in [-0.15, -0.1) is 0 Å². The van der Waals surface area contributed by atoms with E-state index >= 15 is 0 Å². The van der Waals surface area contributed by atoms with E-state index in [9.17, 15) is 19.2 Å². The van der Waals surface area contributed by atoms with Crippen molar-refractivity contribution < 1.29 is 19.2 Å². The molecule has 2 atom stereocenters. The van der Waals surface area contributed by atoms with Crippen LogP contribution in [0.15, 0.2) is 30.5 Å². The summed E-state index contributed by atoms with van der Waals surface area (Å²) >= 11 is 6.42. The summed E-state index contributed by atoms with van der Waals surface area (Å²) in [6, 6.07) is 5.75. The van der Waals surface area contributed by atoms with Gasteiger partial charge in [0.2, 0.25) is 0 Å². The number of hydrogen-bond acceptors (Lipinski definition) is 6. The lowest BCUT2D eigenvalue weighted by Gasteiger charge is -2.29. The Bertz CT molecular complexity index is 1180. The van der Waals surface area contributed by atoms with Crippen molar-refractivity contribution in [3.05, 3.63) is 63.4 Å². The Kier molecular flexibility index (Phi) is 6.81. The number of benzene rings is 1. The van der Waals surface area contributed by atoms with Gasteiger partial charge in [-0.05, 0) is 62.8 Å². The third kappa shape index (κ3) is 4.88. The fourth-order valence-electron chi connectivity index (χ4n) is 4.53. The van der Waals surface area contributed by atoms with Crippen LogP contribution in [0, 0.1) is 0 Å². The van der Waals surface area contributed by atoms with Crippen molar-refractivity contribution in [2.24, 2.45) is 0 Å². The van der Waals surface area contributed by atoms with Gasteiger partial charge in [-0.25, -0.2) is 0 Å². The van der Waals surface area contributed by atoms with Gasteiger partial charge < -0.3 is 15.1 Å². The van der Waals surface area contributed by atoms with E-state index in [-0.39, 0.29) is 36.3 Å². The van der Waals surface area contributed by atoms with Gasteiger partial charge in [0.05, 0.1) is 29.2 Å². The molecule has 2 heterocycles. The zero-order chi connectivity index (χ0) is 24.6. The third-order valence-corrected chi connectivity index (χ3v) is 6.50. The molecule has 0 saturated heterocycles. The largest absolute Gasteiger partial charge is 0.344 e. The predicted molar refractivity (Wildman–Crippen MR) is 126 cm³/mol. The van der Waals surface area contributed by atoms with Crippen molar-refractivity contribution in [1.29, 1.82) is 0 Å². The van der Waals surface area contributed by atoms with Crippen LogP contribution in [0.25, 0.3) is 0 Å². The molecular formula is C25H27ClN4O4. The maximum atomic E-state index is 12.9. The van der Waals surface area contributed by atoms with Gasteiger partial charge in [-0.2, -0.15) is 0 Å². The molecule has 2 aliphatic rings. The van der Waals surface area contributed by atoms with E-state index in [1.807, 2.05) is 32.0 Å². The minimum atomic E-state index is -0.585. The van der Waals surface area contributed by atoms with E-state index in [1.54, 1.807) is 24.4 Å². The van der Waals surface area contributed by atoms with Gasteiger partial charge in [-0.1, -0.05) is 11.6 Å². The molecule has 8 nitrogen and oxygen atoms in total. The summed E-state index contributed by atoms with van der Waals surface area (Å²) in [6.45, 7) is 2.77. The number of aromatic nitrogens is 1. The molecule has 1 saturated carbocycles. The highest BCUT2D eigenvalue weighted by Gasteiger charge is 2.39. The maximum absolute atomic E-state index is 12.9. The first-order valence-corrected chi connectivity index (χ1v) is 11.6. The molecule has 9 heteroatoms. The minimum absolute atomic E-state index is 0.0829. The first kappa shape index (κ1) is 24.0. The molecule has 1 fully saturated rings. The first-order valence-electron chi connectivity index (χ1n) is 11.2. The van der Waals surface area contributed by atoms with Crippen molar-refractivity contribution in [2.45, 2.75) is 51.4 Å². The van der Waals surface area contributed by atoms with Crippen LogP contribution >= 0.6 is 11.6 Å². The monoisotopic (exact) mass is 482 g/mol. The second-order valence-electron chi connectivity index (χ2n) is 9.18. The fraction of sp³-hybridized carbons (Fsp3) is 0.400. The van der Waals surface area contributed by atoms with Gasteiger partial charge in [0, 0.05) is 36.8 Å². The Balaban J connectivity index is 1.46. The second-order valence-corrected chi connectivity index (χ2v) is 9.59. The Morgan fingerprint density at radius 3 is 2.71 bits per heavy atom. The number of carbonyl (C=O) groups excluding carboxylic acids is 4. The zero-order valence-corrected chi connectivity index (χ0v) is 20.2. The predicted octanol–water partition coefficient (Wildman–Crippen LogP) is 2.93. The number of rotatable bonds is 6. The smallest absolute Gasteiger partial charge is 0.255 e. The number of halogens is 1. The summed E-state index contributed by atoms with van der Waals surface area (Å²) in [5.74, 6) is -0.849. The molecule has 4 rings (SSSR count). The highest BCUT2D eigenvalue weighted by molar-refractivity contribution is 6.31. The number of amides is 2. The van der Waals surface area contributed by atoms with Crippen molar-refractivity contribution in [3.63, 3.8) is 0 Å². The molecule has 0 spiro atoms. The molecule has 1 aliphatic carbocycles. The number of Topliss-reactive ketones (excluding diaryl/α,β-unsaturated/α-hetero) is 2. The van der Waals surface area contributed by atoms with E-state index < -0.39 is 12.1 Å². The number of pyridine rings is 1. The summed E-state index contributed by atoms with van der Waals surface area (Å²) < 4.78 is 0. The molecule has 1 N–H and O–H groups in total. The van der Waals surface area contributed by atoms with Crippen molar-refractivity contribution in [3.8, 4) is 0 Å². The summed E-state index contributed by atoms with van der Waals surface area (Å²) in [7, 11) is 3.92. The first-order chi connectivity index (χ1) is 16.1. The number of fused-ring (bicyclic) bond motifs is 1.